The highest BCUT2D eigenvalue weighted by molar-refractivity contribution is 9.10. The van der Waals surface area contributed by atoms with Gasteiger partial charge in [-0.2, -0.15) is 5.26 Å². The molecule has 6 heteroatoms. The lowest BCUT2D eigenvalue weighted by molar-refractivity contribution is 0.102. The van der Waals surface area contributed by atoms with Crippen LogP contribution in [0.15, 0.2) is 34.9 Å². The number of aryl methyl sites for hydroxylation is 1. The Balaban J connectivity index is 2.35. The van der Waals surface area contributed by atoms with Crippen molar-refractivity contribution >= 4 is 33.2 Å². The average Bonchev–Trinajstić information content (AvgIpc) is 2.41. The minimum absolute atomic E-state index is 0.350. The highest BCUT2D eigenvalue weighted by Crippen LogP contribution is 2.22. The molecule has 0 aliphatic heterocycles. The number of halogens is 1. The summed E-state index contributed by atoms with van der Waals surface area (Å²) in [4.78, 5) is 16.3. The average molecular weight is 331 g/mol. The van der Waals surface area contributed by atoms with Gasteiger partial charge in [0.05, 0.1) is 34.4 Å². The fraction of sp³-hybridized carbons (Fsp3) is 0.0714. The second-order valence-electron chi connectivity index (χ2n) is 4.16. The number of hydrogen-bond donors (Lipinski definition) is 2. The molecule has 0 aliphatic rings. The second kappa shape index (κ2) is 5.72. The number of benzene rings is 1. The Labute approximate surface area is 124 Å². The maximum atomic E-state index is 12.2. The molecule has 1 heterocycles. The summed E-state index contributed by atoms with van der Waals surface area (Å²) in [5.74, 6) is -0.350. The van der Waals surface area contributed by atoms with Crippen LogP contribution in [-0.2, 0) is 0 Å². The molecule has 1 aromatic carbocycles. The predicted octanol–water partition coefficient (Wildman–Crippen LogP) is 2.86. The van der Waals surface area contributed by atoms with E-state index in [0.29, 0.717) is 28.2 Å². The van der Waals surface area contributed by atoms with Gasteiger partial charge in [0, 0.05) is 4.47 Å². The molecule has 0 bridgehead atoms. The Morgan fingerprint density at radius 1 is 1.45 bits per heavy atom. The van der Waals surface area contributed by atoms with Gasteiger partial charge in [-0.05, 0) is 31.2 Å². The number of carbonyl (C=O) groups is 1. The van der Waals surface area contributed by atoms with Crippen LogP contribution in [0.2, 0.25) is 0 Å². The molecule has 3 N–H and O–H groups in total. The third-order valence-corrected chi connectivity index (χ3v) is 3.20. The fourth-order valence-electron chi connectivity index (χ4n) is 1.69. The van der Waals surface area contributed by atoms with E-state index in [2.05, 4.69) is 26.2 Å². The molecular weight excluding hydrogens is 320 g/mol. The van der Waals surface area contributed by atoms with Gasteiger partial charge < -0.3 is 11.1 Å². The quantitative estimate of drug-likeness (QED) is 0.885. The van der Waals surface area contributed by atoms with Crippen LogP contribution in [-0.4, -0.2) is 10.9 Å². The van der Waals surface area contributed by atoms with E-state index < -0.39 is 0 Å². The van der Waals surface area contributed by atoms with Crippen LogP contribution in [0.4, 0.5) is 11.4 Å². The van der Waals surface area contributed by atoms with Crippen LogP contribution in [0, 0.1) is 18.3 Å². The third kappa shape index (κ3) is 2.95. The molecule has 2 aromatic rings. The number of nitrogens with one attached hydrogen (secondary N) is 1. The molecule has 0 atom stereocenters. The lowest BCUT2D eigenvalue weighted by Gasteiger charge is -2.09. The number of pyridine rings is 1. The Bertz CT molecular complexity index is 722. The fourth-order valence-corrected chi connectivity index (χ4v) is 2.05. The lowest BCUT2D eigenvalue weighted by Crippen LogP contribution is -2.15. The van der Waals surface area contributed by atoms with E-state index >= 15 is 0 Å². The molecule has 0 radical (unpaired) electrons. The number of anilines is 2. The molecule has 0 spiro atoms. The Hall–Kier alpha value is -2.39. The minimum Gasteiger partial charge on any atom is -0.397 e. The van der Waals surface area contributed by atoms with Gasteiger partial charge in [0.25, 0.3) is 5.91 Å². The smallest absolute Gasteiger partial charge is 0.257 e. The SMILES string of the molecule is Cc1ncc(N)cc1C(=O)Nc1cc(Br)ccc1C#N. The zero-order chi connectivity index (χ0) is 14.7. The van der Waals surface area contributed by atoms with Crippen molar-refractivity contribution in [2.75, 3.05) is 11.1 Å². The highest BCUT2D eigenvalue weighted by atomic mass is 79.9. The Morgan fingerprint density at radius 2 is 2.20 bits per heavy atom. The molecule has 0 unspecified atom stereocenters. The molecular formula is C14H11BrN4O. The van der Waals surface area contributed by atoms with Crippen LogP contribution in [0.5, 0.6) is 0 Å². The third-order valence-electron chi connectivity index (χ3n) is 2.70. The van der Waals surface area contributed by atoms with Crippen LogP contribution in [0.3, 0.4) is 0 Å². The molecule has 0 fully saturated rings. The predicted molar refractivity (Wildman–Crippen MR) is 80.2 cm³/mol. The number of hydrogen-bond acceptors (Lipinski definition) is 4. The van der Waals surface area contributed by atoms with Gasteiger partial charge in [-0.3, -0.25) is 9.78 Å². The summed E-state index contributed by atoms with van der Waals surface area (Å²) >= 11 is 3.30. The van der Waals surface area contributed by atoms with Gasteiger partial charge in [-0.15, -0.1) is 0 Å². The Kier molecular flexibility index (Phi) is 4.01. The van der Waals surface area contributed by atoms with Crippen molar-refractivity contribution in [3.05, 3.63) is 51.8 Å². The van der Waals surface area contributed by atoms with Gasteiger partial charge in [0.2, 0.25) is 0 Å². The topological polar surface area (TPSA) is 91.8 Å². The monoisotopic (exact) mass is 330 g/mol. The highest BCUT2D eigenvalue weighted by Gasteiger charge is 2.13. The van der Waals surface area contributed by atoms with E-state index in [9.17, 15) is 4.79 Å². The standard InChI is InChI=1S/C14H11BrN4O/c1-8-12(5-11(17)7-18-8)14(20)19-13-4-10(15)3-2-9(13)6-16/h2-5,7H,17H2,1H3,(H,19,20). The van der Waals surface area contributed by atoms with Gasteiger partial charge in [0.15, 0.2) is 0 Å². The summed E-state index contributed by atoms with van der Waals surface area (Å²) in [6.07, 6.45) is 1.49. The number of rotatable bonds is 2. The zero-order valence-electron chi connectivity index (χ0n) is 10.6. The van der Waals surface area contributed by atoms with Crippen molar-refractivity contribution < 1.29 is 4.79 Å². The molecule has 5 nitrogen and oxygen atoms in total. The van der Waals surface area contributed by atoms with Crippen LogP contribution < -0.4 is 11.1 Å². The first-order valence-corrected chi connectivity index (χ1v) is 6.53. The normalized spacial score (nSPS) is 9.85. The van der Waals surface area contributed by atoms with E-state index in [4.69, 9.17) is 11.0 Å². The second-order valence-corrected chi connectivity index (χ2v) is 5.07. The summed E-state index contributed by atoms with van der Waals surface area (Å²) in [5.41, 5.74) is 7.83. The number of nitrogens with zero attached hydrogens (tertiary/aromatic N) is 2. The first-order chi connectivity index (χ1) is 9.51. The van der Waals surface area contributed by atoms with Gasteiger partial charge in [0.1, 0.15) is 6.07 Å². The maximum absolute atomic E-state index is 12.2. The lowest BCUT2D eigenvalue weighted by atomic mass is 10.1. The minimum atomic E-state index is -0.350. The number of carbonyl (C=O) groups excluding carboxylic acids is 1. The Morgan fingerprint density at radius 3 is 2.90 bits per heavy atom. The van der Waals surface area contributed by atoms with E-state index in [1.807, 2.05) is 6.07 Å². The zero-order valence-corrected chi connectivity index (χ0v) is 12.2. The molecule has 1 aromatic heterocycles. The molecule has 0 aliphatic carbocycles. The first-order valence-electron chi connectivity index (χ1n) is 5.74. The maximum Gasteiger partial charge on any atom is 0.257 e. The summed E-state index contributed by atoms with van der Waals surface area (Å²) in [6, 6.07) is 8.63. The van der Waals surface area contributed by atoms with Crippen molar-refractivity contribution in [1.82, 2.24) is 4.98 Å². The molecule has 0 saturated carbocycles. The van der Waals surface area contributed by atoms with Crippen LogP contribution in [0.1, 0.15) is 21.6 Å². The van der Waals surface area contributed by atoms with Crippen molar-refractivity contribution in [3.63, 3.8) is 0 Å². The number of amides is 1. The van der Waals surface area contributed by atoms with E-state index in [-0.39, 0.29) is 5.91 Å². The summed E-state index contributed by atoms with van der Waals surface area (Å²) < 4.78 is 0.772. The molecule has 20 heavy (non-hydrogen) atoms. The van der Waals surface area contributed by atoms with Crippen molar-refractivity contribution in [1.29, 1.82) is 5.26 Å². The van der Waals surface area contributed by atoms with E-state index in [1.165, 1.54) is 6.20 Å². The van der Waals surface area contributed by atoms with Gasteiger partial charge in [-0.25, -0.2) is 0 Å². The molecule has 100 valence electrons. The van der Waals surface area contributed by atoms with Crippen molar-refractivity contribution in [2.45, 2.75) is 6.92 Å². The van der Waals surface area contributed by atoms with Gasteiger partial charge >= 0.3 is 0 Å². The number of aromatic nitrogens is 1. The van der Waals surface area contributed by atoms with E-state index in [1.54, 1.807) is 31.2 Å². The van der Waals surface area contributed by atoms with Crippen LogP contribution >= 0.6 is 15.9 Å². The molecule has 0 saturated heterocycles. The summed E-state index contributed by atoms with van der Waals surface area (Å²) in [6.45, 7) is 1.72. The number of nitriles is 1. The first kappa shape index (κ1) is 14.0. The molecule has 2 rings (SSSR count). The van der Waals surface area contributed by atoms with Crippen molar-refractivity contribution in [2.24, 2.45) is 0 Å². The number of nitrogens with two attached hydrogens (primary N) is 1. The largest absolute Gasteiger partial charge is 0.397 e. The molecule has 1 amide bonds. The number of nitrogen functional groups attached to an aromatic ring is 1. The van der Waals surface area contributed by atoms with E-state index in [0.717, 1.165) is 4.47 Å². The summed E-state index contributed by atoms with van der Waals surface area (Å²) in [5, 5.41) is 11.7. The van der Waals surface area contributed by atoms with Crippen molar-refractivity contribution in [3.8, 4) is 6.07 Å². The van der Waals surface area contributed by atoms with Gasteiger partial charge in [-0.1, -0.05) is 15.9 Å². The van der Waals surface area contributed by atoms with Crippen LogP contribution in [0.25, 0.3) is 0 Å². The summed E-state index contributed by atoms with van der Waals surface area (Å²) in [7, 11) is 0.